The quantitative estimate of drug-likeness (QED) is 0.601. The molecule has 1 aliphatic rings. The number of rotatable bonds is 6. The van der Waals surface area contributed by atoms with Crippen molar-refractivity contribution in [3.05, 3.63) is 33.9 Å². The van der Waals surface area contributed by atoms with Gasteiger partial charge in [0.05, 0.1) is 18.1 Å². The monoisotopic (exact) mass is 309 g/mol. The van der Waals surface area contributed by atoms with Gasteiger partial charge in [-0.25, -0.2) is 0 Å². The highest BCUT2D eigenvalue weighted by molar-refractivity contribution is 5.64. The molecule has 1 unspecified atom stereocenters. The zero-order valence-electron chi connectivity index (χ0n) is 12.8. The maximum Gasteiger partial charge on any atom is 0.292 e. The van der Waals surface area contributed by atoms with Crippen molar-refractivity contribution in [2.24, 2.45) is 0 Å². The summed E-state index contributed by atoms with van der Waals surface area (Å²) in [6, 6.07) is 4.88. The number of aliphatic hydroxyl groups is 2. The van der Waals surface area contributed by atoms with Crippen molar-refractivity contribution in [1.82, 2.24) is 4.90 Å². The number of nitro groups is 1. The molecule has 1 heterocycles. The Bertz CT molecular complexity index is 512. The third-order valence-corrected chi connectivity index (χ3v) is 4.27. The second kappa shape index (κ2) is 7.53. The Morgan fingerprint density at radius 2 is 1.95 bits per heavy atom. The first kappa shape index (κ1) is 16.7. The van der Waals surface area contributed by atoms with Crippen LogP contribution in [0.2, 0.25) is 0 Å². The van der Waals surface area contributed by atoms with E-state index >= 15 is 0 Å². The molecule has 1 saturated heterocycles. The molecule has 1 fully saturated rings. The van der Waals surface area contributed by atoms with E-state index in [1.54, 1.807) is 12.1 Å². The van der Waals surface area contributed by atoms with Gasteiger partial charge in [0.15, 0.2) is 0 Å². The number of hydrogen-bond donors (Lipinski definition) is 2. The summed E-state index contributed by atoms with van der Waals surface area (Å²) >= 11 is 0. The molecular formula is C15H23N3O4. The largest absolute Gasteiger partial charge is 0.395 e. The van der Waals surface area contributed by atoms with Gasteiger partial charge < -0.3 is 15.1 Å². The van der Waals surface area contributed by atoms with E-state index in [0.29, 0.717) is 24.3 Å². The molecule has 7 heteroatoms. The van der Waals surface area contributed by atoms with E-state index in [0.717, 1.165) is 19.5 Å². The molecule has 0 saturated carbocycles. The lowest BCUT2D eigenvalue weighted by atomic mass is 10.1. The van der Waals surface area contributed by atoms with Crippen LogP contribution < -0.4 is 4.90 Å². The Labute approximate surface area is 129 Å². The number of aliphatic hydroxyl groups excluding tert-OH is 2. The minimum atomic E-state index is -0.383. The van der Waals surface area contributed by atoms with Gasteiger partial charge in [-0.1, -0.05) is 6.92 Å². The zero-order valence-corrected chi connectivity index (χ0v) is 12.8. The van der Waals surface area contributed by atoms with Crippen molar-refractivity contribution in [2.45, 2.75) is 26.0 Å². The molecule has 2 rings (SSSR count). The molecule has 0 aromatic heterocycles. The fraction of sp³-hybridized carbons (Fsp3) is 0.600. The number of piperazine rings is 1. The molecular weight excluding hydrogens is 286 g/mol. The Kier molecular flexibility index (Phi) is 5.70. The normalized spacial score (nSPS) is 17.5. The van der Waals surface area contributed by atoms with Crippen molar-refractivity contribution < 1.29 is 15.1 Å². The van der Waals surface area contributed by atoms with E-state index in [2.05, 4.69) is 4.90 Å². The average Bonchev–Trinajstić information content (AvgIpc) is 2.56. The first-order valence-corrected chi connectivity index (χ1v) is 7.58. The topological polar surface area (TPSA) is 90.1 Å². The van der Waals surface area contributed by atoms with Crippen LogP contribution >= 0.6 is 0 Å². The highest BCUT2D eigenvalue weighted by Crippen LogP contribution is 2.30. The van der Waals surface area contributed by atoms with Gasteiger partial charge in [-0.15, -0.1) is 0 Å². The van der Waals surface area contributed by atoms with Crippen molar-refractivity contribution in [3.8, 4) is 0 Å². The summed E-state index contributed by atoms with van der Waals surface area (Å²) in [5.74, 6) is 0. The summed E-state index contributed by atoms with van der Waals surface area (Å²) < 4.78 is 0. The fourth-order valence-electron chi connectivity index (χ4n) is 2.91. The van der Waals surface area contributed by atoms with Crippen LogP contribution in [0.3, 0.4) is 0 Å². The Morgan fingerprint density at radius 1 is 1.27 bits per heavy atom. The standard InChI is InChI=1S/C15H23N3O4/c1-2-13(11-20)16-5-7-17(8-6-16)15-9-12(10-19)3-4-14(15)18(21)22/h3-4,9,13,19-20H,2,5-8,10-11H2,1H3. The molecule has 22 heavy (non-hydrogen) atoms. The summed E-state index contributed by atoms with van der Waals surface area (Å²) in [7, 11) is 0. The molecule has 0 spiro atoms. The summed E-state index contributed by atoms with van der Waals surface area (Å²) in [5, 5.41) is 29.8. The van der Waals surface area contributed by atoms with Crippen LogP contribution in [-0.4, -0.2) is 58.9 Å². The zero-order chi connectivity index (χ0) is 16.1. The lowest BCUT2D eigenvalue weighted by Crippen LogP contribution is -2.51. The Hall–Kier alpha value is -1.70. The molecule has 0 aliphatic carbocycles. The first-order chi connectivity index (χ1) is 10.6. The van der Waals surface area contributed by atoms with Crippen molar-refractivity contribution in [3.63, 3.8) is 0 Å². The molecule has 1 aliphatic heterocycles. The Balaban J connectivity index is 2.15. The van der Waals surface area contributed by atoms with Gasteiger partial charge in [-0.3, -0.25) is 15.0 Å². The van der Waals surface area contributed by atoms with E-state index < -0.39 is 0 Å². The second-order valence-electron chi connectivity index (χ2n) is 5.51. The Morgan fingerprint density at radius 3 is 2.45 bits per heavy atom. The van der Waals surface area contributed by atoms with Gasteiger partial charge in [0.2, 0.25) is 0 Å². The highest BCUT2D eigenvalue weighted by Gasteiger charge is 2.26. The lowest BCUT2D eigenvalue weighted by molar-refractivity contribution is -0.384. The molecule has 2 N–H and O–H groups in total. The molecule has 7 nitrogen and oxygen atoms in total. The van der Waals surface area contributed by atoms with Gasteiger partial charge >= 0.3 is 0 Å². The molecule has 122 valence electrons. The van der Waals surface area contributed by atoms with E-state index in [9.17, 15) is 20.3 Å². The number of hydrogen-bond acceptors (Lipinski definition) is 6. The summed E-state index contributed by atoms with van der Waals surface area (Å²) in [6.45, 7) is 4.92. The predicted octanol–water partition coefficient (Wildman–Crippen LogP) is 0.980. The number of nitrogens with zero attached hydrogens (tertiary/aromatic N) is 3. The summed E-state index contributed by atoms with van der Waals surface area (Å²) in [6.07, 6.45) is 0.886. The second-order valence-corrected chi connectivity index (χ2v) is 5.51. The van der Waals surface area contributed by atoms with Crippen molar-refractivity contribution in [1.29, 1.82) is 0 Å². The number of anilines is 1. The van der Waals surface area contributed by atoms with Gasteiger partial charge in [0.25, 0.3) is 5.69 Å². The van der Waals surface area contributed by atoms with Crippen LogP contribution in [0.15, 0.2) is 18.2 Å². The molecule has 1 aromatic rings. The molecule has 1 aromatic carbocycles. The van der Waals surface area contributed by atoms with Gasteiger partial charge in [0.1, 0.15) is 5.69 Å². The van der Waals surface area contributed by atoms with Gasteiger partial charge in [-0.2, -0.15) is 0 Å². The summed E-state index contributed by atoms with van der Waals surface area (Å²) in [5.41, 5.74) is 1.30. The molecule has 0 bridgehead atoms. The van der Waals surface area contributed by atoms with Gasteiger partial charge in [0, 0.05) is 38.3 Å². The minimum Gasteiger partial charge on any atom is -0.395 e. The van der Waals surface area contributed by atoms with Crippen LogP contribution in [0.4, 0.5) is 11.4 Å². The van der Waals surface area contributed by atoms with Crippen LogP contribution in [0.1, 0.15) is 18.9 Å². The van der Waals surface area contributed by atoms with Crippen LogP contribution in [0, 0.1) is 10.1 Å². The smallest absolute Gasteiger partial charge is 0.292 e. The number of benzene rings is 1. The average molecular weight is 309 g/mol. The SMILES string of the molecule is CCC(CO)N1CCN(c2cc(CO)ccc2[N+](=O)[O-])CC1. The van der Waals surface area contributed by atoms with Crippen LogP contribution in [-0.2, 0) is 6.61 Å². The van der Waals surface area contributed by atoms with E-state index in [1.165, 1.54) is 6.07 Å². The minimum absolute atomic E-state index is 0.0693. The van der Waals surface area contributed by atoms with Crippen LogP contribution in [0.5, 0.6) is 0 Å². The molecule has 1 atom stereocenters. The maximum atomic E-state index is 11.2. The van der Waals surface area contributed by atoms with Gasteiger partial charge in [-0.05, 0) is 24.1 Å². The van der Waals surface area contributed by atoms with Crippen molar-refractivity contribution >= 4 is 11.4 Å². The van der Waals surface area contributed by atoms with E-state index in [1.807, 2.05) is 11.8 Å². The lowest BCUT2D eigenvalue weighted by Gasteiger charge is -2.39. The predicted molar refractivity (Wildman–Crippen MR) is 84.0 cm³/mol. The van der Waals surface area contributed by atoms with E-state index in [4.69, 9.17) is 0 Å². The first-order valence-electron chi connectivity index (χ1n) is 7.58. The third kappa shape index (κ3) is 3.55. The molecule has 0 amide bonds. The molecule has 0 radical (unpaired) electrons. The van der Waals surface area contributed by atoms with Crippen molar-refractivity contribution in [2.75, 3.05) is 37.7 Å². The number of nitro benzene ring substituents is 1. The fourth-order valence-corrected chi connectivity index (χ4v) is 2.91. The summed E-state index contributed by atoms with van der Waals surface area (Å²) in [4.78, 5) is 15.0. The van der Waals surface area contributed by atoms with E-state index in [-0.39, 0.29) is 29.9 Å². The third-order valence-electron chi connectivity index (χ3n) is 4.27. The highest BCUT2D eigenvalue weighted by atomic mass is 16.6. The van der Waals surface area contributed by atoms with Crippen LogP contribution in [0.25, 0.3) is 0 Å². The maximum absolute atomic E-state index is 11.2.